The fourth-order valence-electron chi connectivity index (χ4n) is 2.87. The predicted octanol–water partition coefficient (Wildman–Crippen LogP) is 2.68. The fraction of sp³-hybridized carbons (Fsp3) is 0.316. The molecule has 0 radical (unpaired) electrons. The highest BCUT2D eigenvalue weighted by Gasteiger charge is 2.28. The average molecular weight is 393 g/mol. The molecule has 1 aliphatic rings. The number of hydrogen-bond donors (Lipinski definition) is 0. The quantitative estimate of drug-likeness (QED) is 0.590. The summed E-state index contributed by atoms with van der Waals surface area (Å²) >= 11 is 0. The Bertz CT molecular complexity index is 948. The number of para-hydroxylation sites is 1. The molecule has 0 aromatic heterocycles. The first kappa shape index (κ1) is 19.5. The molecule has 1 heterocycles. The maximum absolute atomic E-state index is 14.2. The molecule has 0 N–H and O–H groups in total. The number of ether oxygens (including phenoxy) is 2. The average Bonchev–Trinajstić information content (AvgIpc) is 2.65. The molecule has 0 saturated carbocycles. The lowest BCUT2D eigenvalue weighted by Crippen LogP contribution is -2.40. The van der Waals surface area contributed by atoms with E-state index in [0.29, 0.717) is 19.0 Å². The van der Waals surface area contributed by atoms with Crippen molar-refractivity contribution >= 4 is 16.0 Å². The van der Waals surface area contributed by atoms with Crippen LogP contribution >= 0.6 is 0 Å². The van der Waals surface area contributed by atoms with Crippen LogP contribution in [0, 0.1) is 19.7 Å². The van der Waals surface area contributed by atoms with E-state index < -0.39 is 27.4 Å². The summed E-state index contributed by atoms with van der Waals surface area (Å²) < 4.78 is 51.5. The minimum absolute atomic E-state index is 0.153. The van der Waals surface area contributed by atoms with E-state index in [1.54, 1.807) is 26.0 Å². The Hall–Kier alpha value is -2.29. The Labute approximate surface area is 157 Å². The van der Waals surface area contributed by atoms with Crippen LogP contribution in [0.15, 0.2) is 41.3 Å². The number of morpholine rings is 1. The second-order valence-corrected chi connectivity index (χ2v) is 8.21. The third-order valence-corrected chi connectivity index (χ3v) is 6.26. The van der Waals surface area contributed by atoms with Gasteiger partial charge in [0.25, 0.3) is 0 Å². The van der Waals surface area contributed by atoms with Crippen LogP contribution in [0.4, 0.5) is 4.39 Å². The van der Waals surface area contributed by atoms with E-state index in [-0.39, 0.29) is 18.0 Å². The maximum Gasteiger partial charge on any atom is 0.346 e. The van der Waals surface area contributed by atoms with Crippen molar-refractivity contribution in [1.82, 2.24) is 4.31 Å². The highest BCUT2D eigenvalue weighted by molar-refractivity contribution is 7.89. The Balaban J connectivity index is 1.92. The Morgan fingerprint density at radius 1 is 1.11 bits per heavy atom. The number of halogens is 1. The van der Waals surface area contributed by atoms with Gasteiger partial charge in [-0.2, -0.15) is 4.31 Å². The summed E-state index contributed by atoms with van der Waals surface area (Å²) in [6.45, 7) is 4.55. The molecule has 8 heteroatoms. The highest BCUT2D eigenvalue weighted by atomic mass is 32.2. The molecule has 0 amide bonds. The Morgan fingerprint density at radius 2 is 1.74 bits per heavy atom. The van der Waals surface area contributed by atoms with Gasteiger partial charge in [-0.05, 0) is 43.2 Å². The van der Waals surface area contributed by atoms with Gasteiger partial charge in [0, 0.05) is 13.1 Å². The Kier molecular flexibility index (Phi) is 5.59. The summed E-state index contributed by atoms with van der Waals surface area (Å²) in [6, 6.07) is 8.50. The van der Waals surface area contributed by atoms with Gasteiger partial charge in [0.2, 0.25) is 10.0 Å². The van der Waals surface area contributed by atoms with Crippen LogP contribution in [0.25, 0.3) is 0 Å². The van der Waals surface area contributed by atoms with Crippen LogP contribution < -0.4 is 4.74 Å². The van der Waals surface area contributed by atoms with Crippen molar-refractivity contribution in [2.24, 2.45) is 0 Å². The van der Waals surface area contributed by atoms with E-state index in [1.807, 2.05) is 6.07 Å². The zero-order chi connectivity index (χ0) is 19.6. The molecule has 27 heavy (non-hydrogen) atoms. The first-order chi connectivity index (χ1) is 12.8. The summed E-state index contributed by atoms with van der Waals surface area (Å²) in [5, 5.41) is 0. The second-order valence-electron chi connectivity index (χ2n) is 6.27. The lowest BCUT2D eigenvalue weighted by atomic mass is 10.1. The normalized spacial score (nSPS) is 15.5. The van der Waals surface area contributed by atoms with Crippen LogP contribution in [-0.2, 0) is 14.8 Å². The molecule has 0 aliphatic carbocycles. The largest absolute Gasteiger partial charge is 0.422 e. The van der Waals surface area contributed by atoms with Crippen molar-refractivity contribution in [2.45, 2.75) is 18.7 Å². The second kappa shape index (κ2) is 7.75. The molecule has 0 bridgehead atoms. The van der Waals surface area contributed by atoms with Gasteiger partial charge in [0.15, 0.2) is 0 Å². The van der Waals surface area contributed by atoms with Crippen molar-refractivity contribution in [1.29, 1.82) is 0 Å². The number of carbonyl (C=O) groups excluding carboxylic acids is 1. The number of hydrogen-bond acceptors (Lipinski definition) is 5. The number of benzene rings is 2. The van der Waals surface area contributed by atoms with Gasteiger partial charge in [-0.15, -0.1) is 0 Å². The van der Waals surface area contributed by atoms with E-state index in [1.165, 1.54) is 4.31 Å². The van der Waals surface area contributed by atoms with Crippen LogP contribution in [0.3, 0.4) is 0 Å². The molecular formula is C19H20FNO5S. The van der Waals surface area contributed by atoms with Crippen LogP contribution in [0.1, 0.15) is 21.5 Å². The number of esters is 1. The summed E-state index contributed by atoms with van der Waals surface area (Å²) in [7, 11) is -3.85. The SMILES string of the molecule is Cc1cccc(C)c1OC(=O)c1cc(S(=O)(=O)N2CCOCC2)ccc1F. The number of nitrogens with zero attached hydrogens (tertiary/aromatic N) is 1. The van der Waals surface area contributed by atoms with Crippen LogP contribution in [0.5, 0.6) is 5.75 Å². The van der Waals surface area contributed by atoms with Crippen molar-refractivity contribution in [2.75, 3.05) is 26.3 Å². The molecule has 2 aromatic carbocycles. The van der Waals surface area contributed by atoms with E-state index in [9.17, 15) is 17.6 Å². The standard InChI is InChI=1S/C19H20FNO5S/c1-13-4-3-5-14(2)18(13)26-19(22)16-12-15(6-7-17(16)20)27(23,24)21-8-10-25-11-9-21/h3-7,12H,8-11H2,1-2H3. The molecule has 1 saturated heterocycles. The lowest BCUT2D eigenvalue weighted by molar-refractivity contribution is 0.0723. The predicted molar refractivity (Wildman–Crippen MR) is 96.9 cm³/mol. The van der Waals surface area contributed by atoms with Crippen molar-refractivity contribution in [3.63, 3.8) is 0 Å². The van der Waals surface area contributed by atoms with E-state index in [4.69, 9.17) is 9.47 Å². The Morgan fingerprint density at radius 3 is 2.37 bits per heavy atom. The van der Waals surface area contributed by atoms with Crippen LogP contribution in [0.2, 0.25) is 0 Å². The summed E-state index contributed by atoms with van der Waals surface area (Å²) in [5.41, 5.74) is 1.02. The molecule has 0 spiro atoms. The van der Waals surface area contributed by atoms with Crippen LogP contribution in [-0.4, -0.2) is 45.0 Å². The summed E-state index contributed by atoms with van der Waals surface area (Å²) in [5.74, 6) is -1.44. The summed E-state index contributed by atoms with van der Waals surface area (Å²) in [4.78, 5) is 12.4. The monoisotopic (exact) mass is 393 g/mol. The third-order valence-electron chi connectivity index (χ3n) is 4.37. The lowest BCUT2D eigenvalue weighted by Gasteiger charge is -2.26. The molecule has 0 unspecified atom stereocenters. The van der Waals surface area contributed by atoms with Gasteiger partial charge in [-0.3, -0.25) is 0 Å². The van der Waals surface area contributed by atoms with Crippen molar-refractivity contribution in [3.05, 3.63) is 58.9 Å². The summed E-state index contributed by atoms with van der Waals surface area (Å²) in [6.07, 6.45) is 0. The molecule has 1 fully saturated rings. The molecule has 6 nitrogen and oxygen atoms in total. The molecule has 144 valence electrons. The zero-order valence-electron chi connectivity index (χ0n) is 15.1. The number of aryl methyl sites for hydroxylation is 2. The third kappa shape index (κ3) is 4.02. The van der Waals surface area contributed by atoms with Gasteiger partial charge in [-0.25, -0.2) is 17.6 Å². The molecular weight excluding hydrogens is 373 g/mol. The minimum atomic E-state index is -3.85. The van der Waals surface area contributed by atoms with Crippen molar-refractivity contribution in [3.8, 4) is 5.75 Å². The number of carbonyl (C=O) groups is 1. The van der Waals surface area contributed by atoms with E-state index in [2.05, 4.69) is 0 Å². The molecule has 0 atom stereocenters. The molecule has 1 aliphatic heterocycles. The first-order valence-corrected chi connectivity index (χ1v) is 9.90. The molecule has 2 aromatic rings. The van der Waals surface area contributed by atoms with E-state index in [0.717, 1.165) is 29.3 Å². The number of rotatable bonds is 4. The van der Waals surface area contributed by atoms with E-state index >= 15 is 0 Å². The molecule has 3 rings (SSSR count). The fourth-order valence-corrected chi connectivity index (χ4v) is 4.30. The van der Waals surface area contributed by atoms with Gasteiger partial charge < -0.3 is 9.47 Å². The van der Waals surface area contributed by atoms with Gasteiger partial charge in [-0.1, -0.05) is 18.2 Å². The first-order valence-electron chi connectivity index (χ1n) is 8.46. The van der Waals surface area contributed by atoms with Crippen molar-refractivity contribution < 1.29 is 27.1 Å². The minimum Gasteiger partial charge on any atom is -0.422 e. The maximum atomic E-state index is 14.2. The smallest absolute Gasteiger partial charge is 0.346 e. The zero-order valence-corrected chi connectivity index (χ0v) is 15.9. The van der Waals surface area contributed by atoms with Gasteiger partial charge >= 0.3 is 5.97 Å². The van der Waals surface area contributed by atoms with Gasteiger partial charge in [0.05, 0.1) is 23.7 Å². The number of sulfonamides is 1. The van der Waals surface area contributed by atoms with Gasteiger partial charge in [0.1, 0.15) is 11.6 Å². The topological polar surface area (TPSA) is 72.9 Å². The highest BCUT2D eigenvalue weighted by Crippen LogP contribution is 2.25.